The van der Waals surface area contributed by atoms with Crippen LogP contribution in [0.4, 0.5) is 0 Å². The van der Waals surface area contributed by atoms with Crippen molar-refractivity contribution in [1.29, 1.82) is 0 Å². The van der Waals surface area contributed by atoms with Gasteiger partial charge in [-0.1, -0.05) is 121 Å². The molecule has 10 aromatic rings. The minimum Gasteiger partial charge on any atom is -0.486 e. The summed E-state index contributed by atoms with van der Waals surface area (Å²) in [6.07, 6.45) is 8.32. The van der Waals surface area contributed by atoms with Crippen LogP contribution >= 0.6 is 0 Å². The molecule has 0 aliphatic carbocycles. The van der Waals surface area contributed by atoms with Gasteiger partial charge in [0.15, 0.2) is 0 Å². The molecule has 0 unspecified atom stereocenters. The van der Waals surface area contributed by atoms with Gasteiger partial charge in [0.05, 0.1) is 30.5 Å². The van der Waals surface area contributed by atoms with Crippen molar-refractivity contribution in [2.24, 2.45) is 5.92 Å². The van der Waals surface area contributed by atoms with E-state index in [9.17, 15) is 0 Å². The van der Waals surface area contributed by atoms with E-state index in [1.807, 2.05) is 43.5 Å². The molecule has 8 heteroatoms. The summed E-state index contributed by atoms with van der Waals surface area (Å²) in [5, 5.41) is 5.82. The molecule has 0 bridgehead atoms. The Balaban J connectivity index is 0.000000238. The van der Waals surface area contributed by atoms with Crippen LogP contribution in [0.25, 0.3) is 83.3 Å². The second kappa shape index (κ2) is 19.0. The number of aromatic nitrogens is 5. The molecule has 1 radical (unpaired) electrons. The molecule has 10 rings (SSSR count). The van der Waals surface area contributed by atoms with Gasteiger partial charge in [-0.2, -0.15) is 0 Å². The minimum atomic E-state index is -1.34. The quantitative estimate of drug-likeness (QED) is 0.106. The number of furan rings is 1. The van der Waals surface area contributed by atoms with Crippen molar-refractivity contribution in [3.05, 3.63) is 168 Å². The maximum atomic E-state index is 6.44. The zero-order valence-electron chi connectivity index (χ0n) is 39.6. The average molecular weight is 1060 g/mol. The van der Waals surface area contributed by atoms with Gasteiger partial charge in [-0.15, -0.1) is 35.9 Å². The van der Waals surface area contributed by atoms with E-state index in [0.29, 0.717) is 17.2 Å². The number of benzene rings is 5. The number of imidazole rings is 1. The van der Waals surface area contributed by atoms with Crippen molar-refractivity contribution in [2.45, 2.75) is 86.4 Å². The fraction of sp³-hybridized carbons (Fsp3) is 0.241. The Labute approximate surface area is 404 Å². The van der Waals surface area contributed by atoms with Crippen LogP contribution in [-0.4, -0.2) is 32.6 Å². The Hall–Kier alpha value is -6.05. The fourth-order valence-electron chi connectivity index (χ4n) is 9.02. The van der Waals surface area contributed by atoms with Crippen molar-refractivity contribution >= 4 is 57.1 Å². The molecule has 0 atom stereocenters. The molecule has 0 aliphatic rings. The summed E-state index contributed by atoms with van der Waals surface area (Å²) in [5.41, 5.74) is 14.6. The first-order chi connectivity index (χ1) is 31.2. The summed E-state index contributed by atoms with van der Waals surface area (Å²) in [5.74, 6) is 1.93. The number of rotatable bonds is 9. The van der Waals surface area contributed by atoms with E-state index in [1.54, 1.807) is 0 Å². The number of hydrogen-bond acceptors (Lipinski definition) is 5. The van der Waals surface area contributed by atoms with Gasteiger partial charge in [0.25, 0.3) is 0 Å². The van der Waals surface area contributed by atoms with Gasteiger partial charge < -0.3 is 19.0 Å². The normalized spacial score (nSPS) is 11.8. The SMILES string of the molecule is CC(C)Cc1cc(-c2[c-]cccc2)ncc1[Si](C)(C)C.Cc1ccc2c(n1)oc1c(-c3nc4ccccc4n3-c3c(C(C)C)cc(-c4ccc5ccccc5c4)cc3C(C)C)[c-]ncc12.[Ir]. The van der Waals surface area contributed by atoms with Gasteiger partial charge in [-0.25, -0.2) is 4.98 Å². The fourth-order valence-corrected chi connectivity index (χ4v) is 10.6. The Kier molecular flexibility index (Phi) is 13.4. The maximum absolute atomic E-state index is 6.44. The second-order valence-electron chi connectivity index (χ2n) is 19.4. The summed E-state index contributed by atoms with van der Waals surface area (Å²) < 4.78 is 8.75. The van der Waals surface area contributed by atoms with Gasteiger partial charge in [0.2, 0.25) is 5.71 Å². The molecule has 0 aliphatic heterocycles. The van der Waals surface area contributed by atoms with Crippen molar-refractivity contribution in [3.63, 3.8) is 0 Å². The Morgan fingerprint density at radius 1 is 0.697 bits per heavy atom. The standard InChI is InChI=1S/C40H33N4O.C18H24NSi.Ir/c1-23(2)31-19-29(28-16-15-26-10-6-7-11-27(26)18-28)20-32(24(3)4)37(31)44-36-13-9-8-12-35(36)43-39(44)34-22-41-21-33-30-17-14-25(5)42-40(30)45-38(33)34;1-14(2)11-16-12-17(15-9-7-6-8-10-15)19-13-18(16)20(3,4)5;/h6-21,23-24H,1-5H3;6-9,12-14H,11H2,1-5H3;/q2*-1;. The van der Waals surface area contributed by atoms with Crippen molar-refractivity contribution in [3.8, 4) is 39.5 Å². The van der Waals surface area contributed by atoms with E-state index in [0.717, 1.165) is 62.3 Å². The summed E-state index contributed by atoms with van der Waals surface area (Å²) in [6.45, 7) is 22.8. The molecule has 0 saturated carbocycles. The van der Waals surface area contributed by atoms with Gasteiger partial charge in [0, 0.05) is 43.1 Å². The van der Waals surface area contributed by atoms with Gasteiger partial charge in [-0.05, 0) is 141 Å². The van der Waals surface area contributed by atoms with Crippen LogP contribution < -0.4 is 5.19 Å². The first-order valence-electron chi connectivity index (χ1n) is 22.9. The van der Waals surface area contributed by atoms with Crippen LogP contribution in [0.1, 0.15) is 75.8 Å². The summed E-state index contributed by atoms with van der Waals surface area (Å²) in [6, 6.07) is 46.0. The molecule has 5 heterocycles. The molecule has 5 aromatic heterocycles. The molecule has 0 spiro atoms. The van der Waals surface area contributed by atoms with Crippen LogP contribution in [0.5, 0.6) is 0 Å². The Morgan fingerprint density at radius 3 is 2.11 bits per heavy atom. The third-order valence-corrected chi connectivity index (χ3v) is 14.3. The van der Waals surface area contributed by atoms with Crippen molar-refractivity contribution < 1.29 is 24.5 Å². The Morgan fingerprint density at radius 2 is 1.41 bits per heavy atom. The molecule has 5 aromatic carbocycles. The van der Waals surface area contributed by atoms with E-state index >= 15 is 0 Å². The van der Waals surface area contributed by atoms with E-state index in [1.165, 1.54) is 43.8 Å². The number of para-hydroxylation sites is 2. The molecule has 66 heavy (non-hydrogen) atoms. The smallest absolute Gasteiger partial charge is 0.216 e. The maximum Gasteiger partial charge on any atom is 0.216 e. The predicted molar refractivity (Wildman–Crippen MR) is 274 cm³/mol. The topological polar surface area (TPSA) is 69.6 Å². The number of hydrogen-bond donors (Lipinski definition) is 0. The van der Waals surface area contributed by atoms with Crippen molar-refractivity contribution in [2.75, 3.05) is 0 Å². The zero-order valence-corrected chi connectivity index (χ0v) is 43.0. The summed E-state index contributed by atoms with van der Waals surface area (Å²) >= 11 is 0. The third kappa shape index (κ3) is 9.20. The molecule has 0 N–H and O–H groups in total. The van der Waals surface area contributed by atoms with Crippen LogP contribution in [-0.2, 0) is 26.5 Å². The molecular formula is C58H57IrN5OSi-2. The molecule has 0 fully saturated rings. The van der Waals surface area contributed by atoms with E-state index in [4.69, 9.17) is 9.40 Å². The summed E-state index contributed by atoms with van der Waals surface area (Å²) in [4.78, 5) is 19.1. The number of nitrogens with zero attached hydrogens (tertiary/aromatic N) is 5. The van der Waals surface area contributed by atoms with Crippen LogP contribution in [0, 0.1) is 25.1 Å². The van der Waals surface area contributed by atoms with Crippen molar-refractivity contribution in [1.82, 2.24) is 24.5 Å². The van der Waals surface area contributed by atoms with Crippen LogP contribution in [0.2, 0.25) is 19.6 Å². The zero-order chi connectivity index (χ0) is 45.6. The van der Waals surface area contributed by atoms with E-state index in [2.05, 4.69) is 190 Å². The molecule has 0 saturated heterocycles. The number of fused-ring (bicyclic) bond motifs is 5. The third-order valence-electron chi connectivity index (χ3n) is 12.2. The number of aryl methyl sites for hydroxylation is 1. The van der Waals surface area contributed by atoms with Gasteiger partial charge in [0.1, 0.15) is 0 Å². The summed E-state index contributed by atoms with van der Waals surface area (Å²) in [7, 11) is -1.34. The average Bonchev–Trinajstić information content (AvgIpc) is 3.86. The van der Waals surface area contributed by atoms with Crippen LogP contribution in [0.3, 0.4) is 0 Å². The molecular weight excluding hydrogens is 1000 g/mol. The van der Waals surface area contributed by atoms with Crippen LogP contribution in [0.15, 0.2) is 138 Å². The Bertz CT molecular complexity index is 3310. The largest absolute Gasteiger partial charge is 0.486 e. The minimum absolute atomic E-state index is 0. The van der Waals surface area contributed by atoms with E-state index in [-0.39, 0.29) is 31.9 Å². The molecule has 0 amide bonds. The second-order valence-corrected chi connectivity index (χ2v) is 24.4. The number of pyridine rings is 3. The molecule has 6 nitrogen and oxygen atoms in total. The van der Waals surface area contributed by atoms with Gasteiger partial charge in [-0.3, -0.25) is 4.98 Å². The monoisotopic (exact) mass is 1060 g/mol. The molecule has 335 valence electrons. The van der Waals surface area contributed by atoms with E-state index < -0.39 is 8.07 Å². The first-order valence-corrected chi connectivity index (χ1v) is 26.4. The predicted octanol–water partition coefficient (Wildman–Crippen LogP) is 14.8. The first kappa shape index (κ1) is 46.5. The van der Waals surface area contributed by atoms with Gasteiger partial charge >= 0.3 is 0 Å².